The number of para-hydroxylation sites is 2. The van der Waals surface area contributed by atoms with Crippen molar-refractivity contribution < 1.29 is 4.74 Å². The molecule has 0 unspecified atom stereocenters. The fourth-order valence-corrected chi connectivity index (χ4v) is 3.53. The molecule has 188 valence electrons. The van der Waals surface area contributed by atoms with E-state index in [9.17, 15) is 0 Å². The van der Waals surface area contributed by atoms with Crippen LogP contribution in [0.1, 0.15) is 11.1 Å². The zero-order valence-corrected chi connectivity index (χ0v) is 21.0. The van der Waals surface area contributed by atoms with Gasteiger partial charge < -0.3 is 15.4 Å². The maximum absolute atomic E-state index is 5.93. The molecule has 5 aromatic rings. The Morgan fingerprint density at radius 1 is 0.658 bits per heavy atom. The number of hydrazone groups is 1. The zero-order valence-electron chi connectivity index (χ0n) is 20.3. The molecule has 0 bridgehead atoms. The van der Waals surface area contributed by atoms with E-state index >= 15 is 0 Å². The summed E-state index contributed by atoms with van der Waals surface area (Å²) in [5, 5.41) is 11.4. The topological polar surface area (TPSA) is 96.4 Å². The lowest BCUT2D eigenvalue weighted by molar-refractivity contribution is 0.306. The van der Waals surface area contributed by atoms with E-state index < -0.39 is 0 Å². The quantitative estimate of drug-likeness (QED) is 0.134. The molecule has 1 heterocycles. The first-order valence-corrected chi connectivity index (χ1v) is 12.2. The molecule has 0 fully saturated rings. The first-order chi connectivity index (χ1) is 18.7. The van der Waals surface area contributed by atoms with E-state index in [0.29, 0.717) is 23.5 Å². The van der Waals surface area contributed by atoms with Crippen LogP contribution in [-0.2, 0) is 6.61 Å². The molecule has 0 spiro atoms. The highest BCUT2D eigenvalue weighted by Crippen LogP contribution is 2.19. The number of anilines is 5. The third-order valence-corrected chi connectivity index (χ3v) is 5.52. The molecule has 0 aliphatic heterocycles. The van der Waals surface area contributed by atoms with Gasteiger partial charge in [0.2, 0.25) is 17.8 Å². The van der Waals surface area contributed by atoms with Crippen LogP contribution < -0.4 is 20.8 Å². The first kappa shape index (κ1) is 24.7. The molecule has 0 saturated carbocycles. The molecule has 9 heteroatoms. The van der Waals surface area contributed by atoms with Crippen LogP contribution in [0.3, 0.4) is 0 Å². The van der Waals surface area contributed by atoms with Gasteiger partial charge in [0.1, 0.15) is 12.4 Å². The molecule has 38 heavy (non-hydrogen) atoms. The molecule has 5 rings (SSSR count). The Bertz CT molecular complexity index is 1420. The van der Waals surface area contributed by atoms with Gasteiger partial charge in [0, 0.05) is 16.4 Å². The molecule has 3 N–H and O–H groups in total. The number of rotatable bonds is 10. The molecule has 0 aliphatic rings. The lowest BCUT2D eigenvalue weighted by Crippen LogP contribution is -2.07. The first-order valence-electron chi connectivity index (χ1n) is 11.9. The fourth-order valence-electron chi connectivity index (χ4n) is 3.40. The van der Waals surface area contributed by atoms with Crippen LogP contribution in [0.15, 0.2) is 114 Å². The van der Waals surface area contributed by atoms with Gasteiger partial charge in [-0.3, -0.25) is 0 Å². The lowest BCUT2D eigenvalue weighted by Gasteiger charge is -2.10. The smallest absolute Gasteiger partial charge is 0.250 e. The summed E-state index contributed by atoms with van der Waals surface area (Å²) in [5.74, 6) is 1.81. The van der Waals surface area contributed by atoms with E-state index in [-0.39, 0.29) is 5.95 Å². The Kier molecular flexibility index (Phi) is 8.03. The average Bonchev–Trinajstić information content (AvgIpc) is 2.94. The second-order valence-corrected chi connectivity index (χ2v) is 8.58. The Morgan fingerprint density at radius 2 is 1.21 bits per heavy atom. The minimum Gasteiger partial charge on any atom is -0.489 e. The van der Waals surface area contributed by atoms with Crippen molar-refractivity contribution in [3.05, 3.63) is 125 Å². The molecule has 0 saturated heterocycles. The summed E-state index contributed by atoms with van der Waals surface area (Å²) in [4.78, 5) is 13.4. The van der Waals surface area contributed by atoms with Gasteiger partial charge in [-0.05, 0) is 71.8 Å². The fraction of sp³-hybridized carbons (Fsp3) is 0.0345. The Labute approximate surface area is 225 Å². The molecular formula is C29H24ClN7O. The maximum atomic E-state index is 5.93. The molecule has 0 amide bonds. The third kappa shape index (κ3) is 7.28. The predicted molar refractivity (Wildman–Crippen MR) is 153 cm³/mol. The van der Waals surface area contributed by atoms with Crippen molar-refractivity contribution >= 4 is 47.0 Å². The van der Waals surface area contributed by atoms with Gasteiger partial charge in [-0.25, -0.2) is 5.43 Å². The lowest BCUT2D eigenvalue weighted by atomic mass is 10.2. The predicted octanol–water partition coefficient (Wildman–Crippen LogP) is 7.04. The highest BCUT2D eigenvalue weighted by Gasteiger charge is 2.07. The van der Waals surface area contributed by atoms with E-state index in [1.54, 1.807) is 6.21 Å². The van der Waals surface area contributed by atoms with Crippen LogP contribution in [0, 0.1) is 0 Å². The highest BCUT2D eigenvalue weighted by molar-refractivity contribution is 6.30. The summed E-state index contributed by atoms with van der Waals surface area (Å²) in [6.07, 6.45) is 1.68. The number of hydrogen-bond donors (Lipinski definition) is 3. The number of nitrogens with one attached hydrogen (secondary N) is 3. The monoisotopic (exact) mass is 521 g/mol. The standard InChI is InChI=1S/C29H24ClN7O/c30-23-15-11-22(12-16-23)20-38-26-17-13-21(14-18-26)19-31-37-29-35-27(32-24-7-3-1-4-8-24)34-28(36-29)33-25-9-5-2-6-10-25/h1-19H,20H2,(H3,32,33,34,35,36,37)/b31-19-. The number of hydrogen-bond acceptors (Lipinski definition) is 8. The van der Waals surface area contributed by atoms with Crippen LogP contribution in [0.4, 0.5) is 29.2 Å². The van der Waals surface area contributed by atoms with E-state index in [4.69, 9.17) is 16.3 Å². The van der Waals surface area contributed by atoms with E-state index in [0.717, 1.165) is 28.3 Å². The number of ether oxygens (including phenoxy) is 1. The summed E-state index contributed by atoms with van der Waals surface area (Å²) >= 11 is 5.93. The summed E-state index contributed by atoms with van der Waals surface area (Å²) in [5.41, 5.74) is 6.54. The van der Waals surface area contributed by atoms with Gasteiger partial charge in [0.15, 0.2) is 0 Å². The minimum atomic E-state index is 0.288. The minimum absolute atomic E-state index is 0.288. The average molecular weight is 522 g/mol. The Morgan fingerprint density at radius 3 is 1.79 bits per heavy atom. The van der Waals surface area contributed by atoms with Gasteiger partial charge in [0.05, 0.1) is 6.21 Å². The van der Waals surface area contributed by atoms with Crippen molar-refractivity contribution in [3.63, 3.8) is 0 Å². The van der Waals surface area contributed by atoms with Crippen molar-refractivity contribution in [2.45, 2.75) is 6.61 Å². The number of aromatic nitrogens is 3. The second-order valence-electron chi connectivity index (χ2n) is 8.14. The molecule has 0 aliphatic carbocycles. The molecule has 8 nitrogen and oxygen atoms in total. The summed E-state index contributed by atoms with van der Waals surface area (Å²) in [7, 11) is 0. The van der Waals surface area contributed by atoms with Gasteiger partial charge in [-0.15, -0.1) is 0 Å². The van der Waals surface area contributed by atoms with Crippen LogP contribution in [0.5, 0.6) is 5.75 Å². The number of halogens is 1. The maximum Gasteiger partial charge on any atom is 0.250 e. The molecule has 0 atom stereocenters. The SMILES string of the molecule is Clc1ccc(COc2ccc(/C=N\Nc3nc(Nc4ccccc4)nc(Nc4ccccc4)n3)cc2)cc1. The van der Waals surface area contributed by atoms with Crippen molar-refractivity contribution in [1.29, 1.82) is 0 Å². The van der Waals surface area contributed by atoms with Gasteiger partial charge >= 0.3 is 0 Å². The van der Waals surface area contributed by atoms with Crippen LogP contribution in [0.25, 0.3) is 0 Å². The van der Waals surface area contributed by atoms with Crippen molar-refractivity contribution in [2.24, 2.45) is 5.10 Å². The Hall–Kier alpha value is -4.95. The summed E-state index contributed by atoms with van der Waals surface area (Å²) in [6.45, 7) is 0.463. The van der Waals surface area contributed by atoms with Crippen LogP contribution in [0.2, 0.25) is 5.02 Å². The molecular weight excluding hydrogens is 498 g/mol. The van der Waals surface area contributed by atoms with E-state index in [2.05, 4.69) is 36.1 Å². The second kappa shape index (κ2) is 12.3. The molecule has 4 aromatic carbocycles. The molecule has 1 aromatic heterocycles. The highest BCUT2D eigenvalue weighted by atomic mass is 35.5. The van der Waals surface area contributed by atoms with Crippen LogP contribution in [-0.4, -0.2) is 21.2 Å². The van der Waals surface area contributed by atoms with Gasteiger partial charge in [0.25, 0.3) is 0 Å². The molecule has 0 radical (unpaired) electrons. The van der Waals surface area contributed by atoms with E-state index in [1.807, 2.05) is 109 Å². The van der Waals surface area contributed by atoms with Crippen molar-refractivity contribution in [1.82, 2.24) is 15.0 Å². The van der Waals surface area contributed by atoms with Crippen molar-refractivity contribution in [3.8, 4) is 5.75 Å². The summed E-state index contributed by atoms with van der Waals surface area (Å²) < 4.78 is 5.84. The number of benzene rings is 4. The van der Waals surface area contributed by atoms with Gasteiger partial charge in [-0.2, -0.15) is 20.1 Å². The zero-order chi connectivity index (χ0) is 26.0. The largest absolute Gasteiger partial charge is 0.489 e. The summed E-state index contributed by atoms with van der Waals surface area (Å²) in [6, 6.07) is 34.6. The third-order valence-electron chi connectivity index (χ3n) is 5.27. The normalized spacial score (nSPS) is 10.8. The van der Waals surface area contributed by atoms with Gasteiger partial charge in [-0.1, -0.05) is 60.1 Å². The van der Waals surface area contributed by atoms with Crippen LogP contribution >= 0.6 is 11.6 Å². The number of nitrogens with zero attached hydrogens (tertiary/aromatic N) is 4. The Balaban J connectivity index is 1.25. The van der Waals surface area contributed by atoms with Crippen molar-refractivity contribution in [2.75, 3.05) is 16.1 Å². The van der Waals surface area contributed by atoms with E-state index in [1.165, 1.54) is 0 Å².